The average molecular weight is 192 g/mol. The van der Waals surface area contributed by atoms with Gasteiger partial charge in [-0.15, -0.1) is 0 Å². The fraction of sp³-hybridized carbons (Fsp3) is 0.300. The monoisotopic (exact) mass is 192 g/mol. The van der Waals surface area contributed by atoms with Crippen molar-refractivity contribution in [1.29, 1.82) is 0 Å². The van der Waals surface area contributed by atoms with E-state index in [9.17, 15) is 4.79 Å². The summed E-state index contributed by atoms with van der Waals surface area (Å²) in [7, 11) is 0. The molecule has 0 radical (unpaired) electrons. The molecule has 1 fully saturated rings. The molecule has 1 aliphatic rings. The number of anilines is 1. The van der Waals surface area contributed by atoms with Gasteiger partial charge in [-0.25, -0.2) is 10.2 Å². The number of benzene rings is 1. The maximum Gasteiger partial charge on any atom is 0.337 e. The lowest BCUT2D eigenvalue weighted by Gasteiger charge is -2.19. The number of carboxylic acids is 1. The van der Waals surface area contributed by atoms with E-state index in [0.29, 0.717) is 5.56 Å². The van der Waals surface area contributed by atoms with Crippen molar-refractivity contribution in [3.8, 4) is 0 Å². The van der Waals surface area contributed by atoms with Crippen molar-refractivity contribution in [2.45, 2.75) is 6.42 Å². The third-order valence-corrected chi connectivity index (χ3v) is 2.29. The molecule has 0 saturated carbocycles. The van der Waals surface area contributed by atoms with Crippen LogP contribution < -0.4 is 10.4 Å². The fourth-order valence-corrected chi connectivity index (χ4v) is 1.63. The van der Waals surface area contributed by atoms with Crippen LogP contribution in [0.2, 0.25) is 0 Å². The van der Waals surface area contributed by atoms with Gasteiger partial charge in [0.15, 0.2) is 0 Å². The first-order chi connectivity index (χ1) is 6.79. The van der Waals surface area contributed by atoms with E-state index in [-0.39, 0.29) is 0 Å². The zero-order valence-electron chi connectivity index (χ0n) is 7.73. The highest BCUT2D eigenvalue weighted by Crippen LogP contribution is 2.20. The summed E-state index contributed by atoms with van der Waals surface area (Å²) in [5.41, 5.74) is 4.23. The minimum Gasteiger partial charge on any atom is -0.478 e. The van der Waals surface area contributed by atoms with Crippen LogP contribution in [0.3, 0.4) is 0 Å². The largest absolute Gasteiger partial charge is 0.478 e. The Morgan fingerprint density at radius 1 is 1.43 bits per heavy atom. The summed E-state index contributed by atoms with van der Waals surface area (Å²) < 4.78 is 0. The second-order valence-electron chi connectivity index (χ2n) is 3.24. The predicted octanol–water partition coefficient (Wildman–Crippen LogP) is 1.10. The highest BCUT2D eigenvalue weighted by Gasteiger charge is 2.17. The third kappa shape index (κ3) is 1.56. The topological polar surface area (TPSA) is 52.6 Å². The molecule has 74 valence electrons. The summed E-state index contributed by atoms with van der Waals surface area (Å²) in [6, 6.07) is 7.03. The first-order valence-corrected chi connectivity index (χ1v) is 4.62. The normalized spacial score (nSPS) is 15.9. The van der Waals surface area contributed by atoms with Crippen molar-refractivity contribution < 1.29 is 9.90 Å². The molecule has 0 atom stereocenters. The zero-order valence-corrected chi connectivity index (χ0v) is 7.73. The first-order valence-electron chi connectivity index (χ1n) is 4.62. The van der Waals surface area contributed by atoms with E-state index in [0.717, 1.165) is 25.2 Å². The maximum atomic E-state index is 10.9. The molecule has 0 unspecified atom stereocenters. The van der Waals surface area contributed by atoms with Gasteiger partial charge in [-0.3, -0.25) is 0 Å². The summed E-state index contributed by atoms with van der Waals surface area (Å²) in [4.78, 5) is 10.9. The fourth-order valence-electron chi connectivity index (χ4n) is 1.63. The zero-order chi connectivity index (χ0) is 9.97. The van der Waals surface area contributed by atoms with E-state index in [1.54, 1.807) is 12.1 Å². The minimum atomic E-state index is -0.880. The Balaban J connectivity index is 2.35. The Hall–Kier alpha value is -1.55. The van der Waals surface area contributed by atoms with Gasteiger partial charge >= 0.3 is 5.97 Å². The van der Waals surface area contributed by atoms with Crippen LogP contribution in [0.15, 0.2) is 24.3 Å². The summed E-state index contributed by atoms with van der Waals surface area (Å²) in [5.74, 6) is -0.880. The van der Waals surface area contributed by atoms with Gasteiger partial charge in [-0.05, 0) is 18.6 Å². The highest BCUT2D eigenvalue weighted by molar-refractivity contribution is 5.94. The van der Waals surface area contributed by atoms with Crippen LogP contribution in [-0.2, 0) is 0 Å². The van der Waals surface area contributed by atoms with E-state index < -0.39 is 5.97 Å². The Kier molecular flexibility index (Phi) is 2.37. The molecule has 1 saturated heterocycles. The number of hydrazine groups is 1. The Labute approximate surface area is 82.1 Å². The Morgan fingerprint density at radius 3 is 2.86 bits per heavy atom. The van der Waals surface area contributed by atoms with E-state index in [1.165, 1.54) is 0 Å². The summed E-state index contributed by atoms with van der Waals surface area (Å²) in [6.45, 7) is 1.78. The molecule has 1 aromatic carbocycles. The molecule has 0 aromatic heterocycles. The van der Waals surface area contributed by atoms with Crippen LogP contribution in [-0.4, -0.2) is 24.2 Å². The molecule has 0 bridgehead atoms. The minimum absolute atomic E-state index is 0.349. The Bertz CT molecular complexity index is 346. The number of nitrogens with one attached hydrogen (secondary N) is 1. The predicted molar refractivity (Wildman–Crippen MR) is 53.4 cm³/mol. The van der Waals surface area contributed by atoms with Crippen LogP contribution >= 0.6 is 0 Å². The summed E-state index contributed by atoms with van der Waals surface area (Å²) in [5, 5.41) is 10.9. The van der Waals surface area contributed by atoms with Crippen LogP contribution in [0.5, 0.6) is 0 Å². The lowest BCUT2D eigenvalue weighted by molar-refractivity contribution is 0.0697. The van der Waals surface area contributed by atoms with Gasteiger partial charge in [0.05, 0.1) is 11.3 Å². The lowest BCUT2D eigenvalue weighted by atomic mass is 10.2. The van der Waals surface area contributed by atoms with Gasteiger partial charge in [0, 0.05) is 13.1 Å². The molecule has 1 heterocycles. The third-order valence-electron chi connectivity index (χ3n) is 2.29. The second-order valence-corrected chi connectivity index (χ2v) is 3.24. The van der Waals surface area contributed by atoms with Gasteiger partial charge in [-0.1, -0.05) is 12.1 Å². The lowest BCUT2D eigenvalue weighted by Crippen LogP contribution is -2.31. The molecule has 1 aromatic rings. The molecule has 0 spiro atoms. The van der Waals surface area contributed by atoms with Gasteiger partial charge in [0.25, 0.3) is 0 Å². The number of carbonyl (C=O) groups is 1. The summed E-state index contributed by atoms with van der Waals surface area (Å²) in [6.07, 6.45) is 1.05. The number of aromatic carboxylic acids is 1. The van der Waals surface area contributed by atoms with Gasteiger partial charge in [0.1, 0.15) is 0 Å². The number of nitrogens with zero attached hydrogens (tertiary/aromatic N) is 1. The number of hydrogen-bond donors (Lipinski definition) is 2. The molecule has 4 heteroatoms. The maximum absolute atomic E-state index is 10.9. The van der Waals surface area contributed by atoms with Gasteiger partial charge in [-0.2, -0.15) is 0 Å². The molecule has 0 amide bonds. The van der Waals surface area contributed by atoms with Crippen LogP contribution in [0, 0.1) is 0 Å². The molecule has 0 aliphatic carbocycles. The Morgan fingerprint density at radius 2 is 2.21 bits per heavy atom. The van der Waals surface area contributed by atoms with Gasteiger partial charge in [0.2, 0.25) is 0 Å². The van der Waals surface area contributed by atoms with Crippen molar-refractivity contribution >= 4 is 11.7 Å². The smallest absolute Gasteiger partial charge is 0.337 e. The molecule has 1 aliphatic heterocycles. The van der Waals surface area contributed by atoms with Crippen molar-refractivity contribution in [1.82, 2.24) is 5.43 Å². The van der Waals surface area contributed by atoms with Gasteiger partial charge < -0.3 is 10.1 Å². The van der Waals surface area contributed by atoms with Crippen LogP contribution in [0.25, 0.3) is 0 Å². The van der Waals surface area contributed by atoms with Crippen molar-refractivity contribution in [3.63, 3.8) is 0 Å². The summed E-state index contributed by atoms with van der Waals surface area (Å²) >= 11 is 0. The number of hydrogen-bond acceptors (Lipinski definition) is 3. The number of rotatable bonds is 2. The van der Waals surface area contributed by atoms with E-state index in [2.05, 4.69) is 5.43 Å². The van der Waals surface area contributed by atoms with Crippen molar-refractivity contribution in [2.75, 3.05) is 18.1 Å². The standard InChI is InChI=1S/C10H12N2O2/c13-10(14)8-4-1-2-5-9(8)12-7-3-6-11-12/h1-2,4-5,11H,3,6-7H2,(H,13,14). The molecule has 4 nitrogen and oxygen atoms in total. The van der Waals surface area contributed by atoms with E-state index in [1.807, 2.05) is 17.1 Å². The van der Waals surface area contributed by atoms with Crippen molar-refractivity contribution in [2.24, 2.45) is 0 Å². The molecular formula is C10H12N2O2. The highest BCUT2D eigenvalue weighted by atomic mass is 16.4. The molecule has 2 rings (SSSR count). The molecule has 14 heavy (non-hydrogen) atoms. The molecule has 2 N–H and O–H groups in total. The number of carboxylic acid groups (broad SMARTS) is 1. The second kappa shape index (κ2) is 3.67. The van der Waals surface area contributed by atoms with Crippen molar-refractivity contribution in [3.05, 3.63) is 29.8 Å². The first kappa shape index (κ1) is 9.02. The van der Waals surface area contributed by atoms with E-state index >= 15 is 0 Å². The molecular weight excluding hydrogens is 180 g/mol. The SMILES string of the molecule is O=C(O)c1ccccc1N1CCCN1. The average Bonchev–Trinajstić information content (AvgIpc) is 2.70. The van der Waals surface area contributed by atoms with Crippen LogP contribution in [0.1, 0.15) is 16.8 Å². The van der Waals surface area contributed by atoms with Crippen LogP contribution in [0.4, 0.5) is 5.69 Å². The quantitative estimate of drug-likeness (QED) is 0.736. The number of para-hydroxylation sites is 1. The van der Waals surface area contributed by atoms with E-state index in [4.69, 9.17) is 5.11 Å².